The quantitative estimate of drug-likeness (QED) is 0.411. The number of sulfonamides is 1. The molecule has 0 saturated heterocycles. The van der Waals surface area contributed by atoms with Crippen LogP contribution >= 0.6 is 11.8 Å². The summed E-state index contributed by atoms with van der Waals surface area (Å²) in [5.74, 6) is 0.664. The highest BCUT2D eigenvalue weighted by atomic mass is 32.2. The SMILES string of the molecule is CC(C)NS(=O)(=O)c1ccc(CCC(=O)NCCSc2ncn[nH]2)cc1. The van der Waals surface area contributed by atoms with Crippen molar-refractivity contribution in [2.75, 3.05) is 12.3 Å². The molecule has 10 heteroatoms. The maximum atomic E-state index is 12.1. The van der Waals surface area contributed by atoms with Crippen LogP contribution in [0.1, 0.15) is 25.8 Å². The van der Waals surface area contributed by atoms with Crippen molar-refractivity contribution in [3.63, 3.8) is 0 Å². The average Bonchev–Trinajstić information content (AvgIpc) is 3.09. The molecule has 2 aromatic rings. The van der Waals surface area contributed by atoms with Gasteiger partial charge >= 0.3 is 0 Å². The van der Waals surface area contributed by atoms with Gasteiger partial charge in [0.05, 0.1) is 4.90 Å². The van der Waals surface area contributed by atoms with Gasteiger partial charge in [0.15, 0.2) is 5.16 Å². The Labute approximate surface area is 157 Å². The van der Waals surface area contributed by atoms with Crippen molar-refractivity contribution < 1.29 is 13.2 Å². The molecule has 1 heterocycles. The number of aryl methyl sites for hydroxylation is 1. The van der Waals surface area contributed by atoms with E-state index in [-0.39, 0.29) is 16.8 Å². The number of aromatic nitrogens is 3. The van der Waals surface area contributed by atoms with Crippen LogP contribution in [-0.2, 0) is 21.2 Å². The number of nitrogens with zero attached hydrogens (tertiary/aromatic N) is 2. The van der Waals surface area contributed by atoms with E-state index in [4.69, 9.17) is 0 Å². The molecule has 0 spiro atoms. The van der Waals surface area contributed by atoms with Gasteiger partial charge in [0.1, 0.15) is 6.33 Å². The van der Waals surface area contributed by atoms with Crippen LogP contribution in [0.5, 0.6) is 0 Å². The second-order valence-corrected chi connectivity index (χ2v) is 8.71. The summed E-state index contributed by atoms with van der Waals surface area (Å²) in [7, 11) is -3.48. The Morgan fingerprint density at radius 2 is 2.00 bits per heavy atom. The largest absolute Gasteiger partial charge is 0.355 e. The number of hydrogen-bond donors (Lipinski definition) is 3. The Balaban J connectivity index is 1.72. The molecule has 0 saturated carbocycles. The number of aromatic amines is 1. The summed E-state index contributed by atoms with van der Waals surface area (Å²) >= 11 is 1.48. The lowest BCUT2D eigenvalue weighted by molar-refractivity contribution is -0.120. The first-order valence-electron chi connectivity index (χ1n) is 8.23. The molecule has 1 aromatic heterocycles. The zero-order valence-electron chi connectivity index (χ0n) is 14.7. The predicted octanol–water partition coefficient (Wildman–Crippen LogP) is 1.33. The van der Waals surface area contributed by atoms with Crippen LogP contribution in [0.3, 0.4) is 0 Å². The van der Waals surface area contributed by atoms with E-state index in [0.29, 0.717) is 25.1 Å². The molecule has 0 aliphatic carbocycles. The van der Waals surface area contributed by atoms with Gasteiger partial charge in [-0.2, -0.15) is 5.10 Å². The number of nitrogens with one attached hydrogen (secondary N) is 3. The molecule has 3 N–H and O–H groups in total. The van der Waals surface area contributed by atoms with E-state index in [1.165, 1.54) is 18.1 Å². The number of thioether (sulfide) groups is 1. The van der Waals surface area contributed by atoms with Gasteiger partial charge in [0, 0.05) is 24.8 Å². The van der Waals surface area contributed by atoms with Crippen LogP contribution in [0, 0.1) is 0 Å². The number of amides is 1. The van der Waals surface area contributed by atoms with Crippen molar-refractivity contribution in [1.82, 2.24) is 25.2 Å². The smallest absolute Gasteiger partial charge is 0.240 e. The molecule has 0 aliphatic heterocycles. The van der Waals surface area contributed by atoms with E-state index >= 15 is 0 Å². The van der Waals surface area contributed by atoms with E-state index < -0.39 is 10.0 Å². The number of H-pyrrole nitrogens is 1. The second-order valence-electron chi connectivity index (χ2n) is 5.91. The fourth-order valence-corrected chi connectivity index (χ4v) is 4.05. The first-order chi connectivity index (χ1) is 12.4. The van der Waals surface area contributed by atoms with Gasteiger partial charge in [0.2, 0.25) is 15.9 Å². The summed E-state index contributed by atoms with van der Waals surface area (Å²) in [6, 6.07) is 6.44. The van der Waals surface area contributed by atoms with E-state index in [1.54, 1.807) is 38.1 Å². The molecule has 0 radical (unpaired) electrons. The molecule has 2 rings (SSSR count). The highest BCUT2D eigenvalue weighted by Gasteiger charge is 2.14. The van der Waals surface area contributed by atoms with E-state index in [9.17, 15) is 13.2 Å². The fraction of sp³-hybridized carbons (Fsp3) is 0.438. The minimum Gasteiger partial charge on any atom is -0.355 e. The minimum absolute atomic E-state index is 0.0404. The van der Waals surface area contributed by atoms with Crippen LogP contribution in [0.15, 0.2) is 40.6 Å². The molecule has 1 amide bonds. The highest BCUT2D eigenvalue weighted by Crippen LogP contribution is 2.12. The second kappa shape index (κ2) is 9.70. The number of carbonyl (C=O) groups is 1. The molecular formula is C16H23N5O3S2. The number of benzene rings is 1. The molecule has 1 aromatic carbocycles. The van der Waals surface area contributed by atoms with Gasteiger partial charge < -0.3 is 5.32 Å². The summed E-state index contributed by atoms with van der Waals surface area (Å²) in [5.41, 5.74) is 0.916. The zero-order chi connectivity index (χ0) is 19.0. The molecule has 0 fully saturated rings. The Kier molecular flexibility index (Phi) is 7.61. The predicted molar refractivity (Wildman–Crippen MR) is 100 cm³/mol. The lowest BCUT2D eigenvalue weighted by Gasteiger charge is -2.10. The van der Waals surface area contributed by atoms with Crippen molar-refractivity contribution in [2.45, 2.75) is 42.8 Å². The standard InChI is InChI=1S/C16H23N5O3S2/c1-12(2)21-26(23,24)14-6-3-13(4-7-14)5-8-15(22)17-9-10-25-16-18-11-19-20-16/h3-4,6-7,11-12,21H,5,8-10H2,1-2H3,(H,17,22)(H,18,19,20). The van der Waals surface area contributed by atoms with Gasteiger partial charge in [-0.15, -0.1) is 0 Å². The normalized spacial score (nSPS) is 11.7. The molecular weight excluding hydrogens is 374 g/mol. The summed E-state index contributed by atoms with van der Waals surface area (Å²) in [4.78, 5) is 16.1. The van der Waals surface area contributed by atoms with Crippen LogP contribution in [0.2, 0.25) is 0 Å². The van der Waals surface area contributed by atoms with Crippen LogP contribution < -0.4 is 10.0 Å². The van der Waals surface area contributed by atoms with E-state index in [1.807, 2.05) is 0 Å². The lowest BCUT2D eigenvalue weighted by Crippen LogP contribution is -2.30. The first kappa shape index (κ1) is 20.4. The molecule has 0 unspecified atom stereocenters. The Bertz CT molecular complexity index is 790. The van der Waals surface area contributed by atoms with Crippen LogP contribution in [0.4, 0.5) is 0 Å². The third kappa shape index (κ3) is 6.77. The third-order valence-electron chi connectivity index (χ3n) is 3.32. The Morgan fingerprint density at radius 3 is 2.62 bits per heavy atom. The van der Waals surface area contributed by atoms with Gasteiger partial charge in [-0.25, -0.2) is 18.1 Å². The number of rotatable bonds is 10. The van der Waals surface area contributed by atoms with Crippen LogP contribution in [-0.4, -0.2) is 47.8 Å². The van der Waals surface area contributed by atoms with Crippen molar-refractivity contribution in [3.8, 4) is 0 Å². The summed E-state index contributed by atoms with van der Waals surface area (Å²) < 4.78 is 26.7. The Hall–Kier alpha value is -1.91. The number of hydrogen-bond acceptors (Lipinski definition) is 6. The van der Waals surface area contributed by atoms with Crippen molar-refractivity contribution >= 4 is 27.7 Å². The topological polar surface area (TPSA) is 117 Å². The molecule has 142 valence electrons. The lowest BCUT2D eigenvalue weighted by atomic mass is 10.1. The van der Waals surface area contributed by atoms with Crippen molar-refractivity contribution in [1.29, 1.82) is 0 Å². The maximum Gasteiger partial charge on any atom is 0.240 e. The average molecular weight is 398 g/mol. The van der Waals surface area contributed by atoms with E-state index in [2.05, 4.69) is 25.2 Å². The van der Waals surface area contributed by atoms with Gasteiger partial charge in [-0.1, -0.05) is 23.9 Å². The third-order valence-corrected chi connectivity index (χ3v) is 5.87. The maximum absolute atomic E-state index is 12.1. The molecule has 26 heavy (non-hydrogen) atoms. The summed E-state index contributed by atoms with van der Waals surface area (Å²) in [6.07, 6.45) is 2.35. The monoisotopic (exact) mass is 397 g/mol. The zero-order valence-corrected chi connectivity index (χ0v) is 16.4. The fourth-order valence-electron chi connectivity index (χ4n) is 2.16. The van der Waals surface area contributed by atoms with E-state index in [0.717, 1.165) is 10.7 Å². The van der Waals surface area contributed by atoms with Gasteiger partial charge in [-0.3, -0.25) is 9.89 Å². The molecule has 8 nitrogen and oxygen atoms in total. The van der Waals surface area contributed by atoms with Crippen molar-refractivity contribution in [2.24, 2.45) is 0 Å². The molecule has 0 bridgehead atoms. The van der Waals surface area contributed by atoms with Gasteiger partial charge in [-0.05, 0) is 38.0 Å². The Morgan fingerprint density at radius 1 is 1.27 bits per heavy atom. The minimum atomic E-state index is -3.48. The molecule has 0 aliphatic rings. The number of carbonyl (C=O) groups excluding carboxylic acids is 1. The van der Waals surface area contributed by atoms with Crippen molar-refractivity contribution in [3.05, 3.63) is 36.2 Å². The first-order valence-corrected chi connectivity index (χ1v) is 10.7. The summed E-state index contributed by atoms with van der Waals surface area (Å²) in [6.45, 7) is 4.09. The summed E-state index contributed by atoms with van der Waals surface area (Å²) in [5, 5.41) is 10.1. The van der Waals surface area contributed by atoms with Gasteiger partial charge in [0.25, 0.3) is 0 Å². The highest BCUT2D eigenvalue weighted by molar-refractivity contribution is 7.99. The van der Waals surface area contributed by atoms with Crippen LogP contribution in [0.25, 0.3) is 0 Å². The molecule has 0 atom stereocenters.